The van der Waals surface area contributed by atoms with Gasteiger partial charge in [-0.25, -0.2) is 0 Å². The van der Waals surface area contributed by atoms with Crippen LogP contribution in [-0.2, 0) is 6.54 Å². The van der Waals surface area contributed by atoms with Crippen LogP contribution in [0.5, 0.6) is 5.75 Å². The molecule has 0 atom stereocenters. The summed E-state index contributed by atoms with van der Waals surface area (Å²) in [5.74, 6) is 0.894. The van der Waals surface area contributed by atoms with Crippen LogP contribution in [0.4, 0.5) is 0 Å². The average molecular weight is 398 g/mol. The summed E-state index contributed by atoms with van der Waals surface area (Å²) < 4.78 is 8.12. The van der Waals surface area contributed by atoms with Crippen LogP contribution in [0.3, 0.4) is 0 Å². The Labute approximate surface area is 177 Å². The van der Waals surface area contributed by atoms with E-state index in [1.165, 1.54) is 48.0 Å². The topological polar surface area (TPSA) is 30.3 Å². The van der Waals surface area contributed by atoms with Gasteiger partial charge < -0.3 is 14.2 Å². The van der Waals surface area contributed by atoms with Crippen molar-refractivity contribution in [3.63, 3.8) is 0 Å². The van der Waals surface area contributed by atoms with E-state index in [-0.39, 0.29) is 0 Å². The zero-order chi connectivity index (χ0) is 20.3. The van der Waals surface area contributed by atoms with Gasteiger partial charge in [0.15, 0.2) is 0 Å². The van der Waals surface area contributed by atoms with Crippen LogP contribution < -0.4 is 4.74 Å². The molecule has 2 aromatic heterocycles. The van der Waals surface area contributed by atoms with Crippen molar-refractivity contribution in [3.8, 4) is 28.0 Å². The fourth-order valence-corrected chi connectivity index (χ4v) is 4.55. The summed E-state index contributed by atoms with van der Waals surface area (Å²) in [6.07, 6.45) is 8.57. The molecule has 2 aromatic carbocycles. The molecule has 1 saturated heterocycles. The van der Waals surface area contributed by atoms with E-state index in [0.29, 0.717) is 0 Å². The van der Waals surface area contributed by atoms with E-state index in [2.05, 4.69) is 63.1 Å². The second-order valence-electron chi connectivity index (χ2n) is 7.95. The maximum absolute atomic E-state index is 5.74. The van der Waals surface area contributed by atoms with Gasteiger partial charge in [0, 0.05) is 48.1 Å². The van der Waals surface area contributed by atoms with Crippen LogP contribution in [0.25, 0.3) is 33.2 Å². The van der Waals surface area contributed by atoms with Gasteiger partial charge >= 0.3 is 0 Å². The van der Waals surface area contributed by atoms with Crippen molar-refractivity contribution in [1.82, 2.24) is 14.5 Å². The fraction of sp³-hybridized carbons (Fsp3) is 0.269. The molecule has 4 heteroatoms. The molecular formula is C26H27N3O. The highest BCUT2D eigenvalue weighted by Gasteiger charge is 2.15. The lowest BCUT2D eigenvalue weighted by atomic mass is 9.96. The number of hydrogen-bond donors (Lipinski definition) is 0. The van der Waals surface area contributed by atoms with Gasteiger partial charge in [0.05, 0.1) is 7.11 Å². The lowest BCUT2D eigenvalue weighted by molar-refractivity contribution is 0.324. The van der Waals surface area contributed by atoms with E-state index in [1.54, 1.807) is 7.11 Å². The molecule has 5 rings (SSSR count). The lowest BCUT2D eigenvalue weighted by Crippen LogP contribution is -2.23. The molecule has 4 nitrogen and oxygen atoms in total. The Morgan fingerprint density at radius 3 is 2.50 bits per heavy atom. The highest BCUT2D eigenvalue weighted by molar-refractivity contribution is 5.97. The average Bonchev–Trinajstić information content (AvgIpc) is 3.47. The van der Waals surface area contributed by atoms with Crippen molar-refractivity contribution < 1.29 is 4.74 Å². The van der Waals surface area contributed by atoms with Gasteiger partial charge in [-0.15, -0.1) is 0 Å². The summed E-state index contributed by atoms with van der Waals surface area (Å²) in [6, 6.07) is 19.3. The number of pyridine rings is 1. The summed E-state index contributed by atoms with van der Waals surface area (Å²) in [6.45, 7) is 4.63. The number of benzene rings is 2. The molecule has 1 fully saturated rings. The third-order valence-corrected chi connectivity index (χ3v) is 6.17. The van der Waals surface area contributed by atoms with E-state index in [0.717, 1.165) is 30.0 Å². The Morgan fingerprint density at radius 1 is 0.867 bits per heavy atom. The quantitative estimate of drug-likeness (QED) is 0.432. The number of methoxy groups -OCH3 is 1. The van der Waals surface area contributed by atoms with Gasteiger partial charge in [-0.2, -0.15) is 0 Å². The van der Waals surface area contributed by atoms with Crippen LogP contribution in [0.15, 0.2) is 73.2 Å². The Kier molecular flexibility index (Phi) is 5.24. The Morgan fingerprint density at radius 2 is 1.70 bits per heavy atom. The highest BCUT2D eigenvalue weighted by atomic mass is 16.5. The van der Waals surface area contributed by atoms with Crippen LogP contribution in [0.1, 0.15) is 12.8 Å². The number of ether oxygens (including phenoxy) is 1. The number of aromatic nitrogens is 2. The first-order chi connectivity index (χ1) is 14.8. The summed E-state index contributed by atoms with van der Waals surface area (Å²) in [5.41, 5.74) is 5.93. The summed E-state index contributed by atoms with van der Waals surface area (Å²) in [7, 11) is 1.74. The molecule has 0 spiro atoms. The molecule has 3 heterocycles. The molecule has 30 heavy (non-hydrogen) atoms. The van der Waals surface area contributed by atoms with Crippen molar-refractivity contribution in [3.05, 3.63) is 73.2 Å². The van der Waals surface area contributed by atoms with Crippen LogP contribution in [-0.4, -0.2) is 41.2 Å². The van der Waals surface area contributed by atoms with Gasteiger partial charge in [-0.1, -0.05) is 18.2 Å². The molecule has 1 aliphatic heterocycles. The smallest absolute Gasteiger partial charge is 0.126 e. The van der Waals surface area contributed by atoms with Crippen molar-refractivity contribution in [2.75, 3.05) is 26.7 Å². The first-order valence-corrected chi connectivity index (χ1v) is 10.7. The Balaban J connectivity index is 1.54. The van der Waals surface area contributed by atoms with E-state index < -0.39 is 0 Å². The first-order valence-electron chi connectivity index (χ1n) is 10.7. The predicted molar refractivity (Wildman–Crippen MR) is 123 cm³/mol. The number of rotatable bonds is 6. The molecule has 0 aliphatic carbocycles. The lowest BCUT2D eigenvalue weighted by Gasteiger charge is -2.16. The summed E-state index contributed by atoms with van der Waals surface area (Å²) in [4.78, 5) is 6.71. The molecule has 1 aliphatic rings. The molecule has 0 bridgehead atoms. The maximum Gasteiger partial charge on any atom is 0.126 e. The molecule has 152 valence electrons. The summed E-state index contributed by atoms with van der Waals surface area (Å²) >= 11 is 0. The zero-order valence-electron chi connectivity index (χ0n) is 17.4. The van der Waals surface area contributed by atoms with E-state index in [1.807, 2.05) is 24.5 Å². The van der Waals surface area contributed by atoms with E-state index in [9.17, 15) is 0 Å². The number of nitrogens with zero attached hydrogens (tertiary/aromatic N) is 3. The monoisotopic (exact) mass is 397 g/mol. The minimum atomic E-state index is 0.894. The van der Waals surface area contributed by atoms with Crippen molar-refractivity contribution in [1.29, 1.82) is 0 Å². The zero-order valence-corrected chi connectivity index (χ0v) is 17.4. The van der Waals surface area contributed by atoms with Crippen LogP contribution >= 0.6 is 0 Å². The van der Waals surface area contributed by atoms with Crippen molar-refractivity contribution in [2.45, 2.75) is 19.4 Å². The first kappa shape index (κ1) is 18.9. The highest BCUT2D eigenvalue weighted by Crippen LogP contribution is 2.38. The van der Waals surface area contributed by atoms with Gasteiger partial charge in [0.1, 0.15) is 5.75 Å². The third-order valence-electron chi connectivity index (χ3n) is 6.17. The molecule has 0 unspecified atom stereocenters. The SMILES string of the molecule is COc1ccc(-c2ccncc2)cc1-c1cccc2c1ccn2CCN1CCCC1. The number of fused-ring (bicyclic) bond motifs is 1. The largest absolute Gasteiger partial charge is 0.496 e. The van der Waals surface area contributed by atoms with Crippen molar-refractivity contribution in [2.24, 2.45) is 0 Å². The third kappa shape index (κ3) is 3.59. The molecule has 0 radical (unpaired) electrons. The number of likely N-dealkylation sites (tertiary alicyclic amines) is 1. The molecular weight excluding hydrogens is 370 g/mol. The minimum Gasteiger partial charge on any atom is -0.496 e. The minimum absolute atomic E-state index is 0.894. The molecule has 0 N–H and O–H groups in total. The fourth-order valence-electron chi connectivity index (χ4n) is 4.55. The normalized spacial score (nSPS) is 14.4. The Bertz CT molecular complexity index is 1140. The van der Waals surface area contributed by atoms with Gasteiger partial charge in [-0.3, -0.25) is 4.98 Å². The van der Waals surface area contributed by atoms with Crippen molar-refractivity contribution >= 4 is 10.9 Å². The predicted octanol–water partition coefficient (Wildman–Crippen LogP) is 5.47. The standard InChI is InChI=1S/C26H27N3O/c1-30-26-8-7-21(20-9-12-27-13-10-20)19-24(26)22-5-4-6-25-23(22)11-16-29(25)18-17-28-14-2-3-15-28/h4-13,16,19H,2-3,14-15,17-18H2,1H3. The van der Waals surface area contributed by atoms with Gasteiger partial charge in [0.25, 0.3) is 0 Å². The van der Waals surface area contributed by atoms with Crippen LogP contribution in [0.2, 0.25) is 0 Å². The second-order valence-corrected chi connectivity index (χ2v) is 7.95. The second kappa shape index (κ2) is 8.33. The summed E-state index contributed by atoms with van der Waals surface area (Å²) in [5, 5.41) is 1.27. The number of hydrogen-bond acceptors (Lipinski definition) is 3. The molecule has 0 saturated carbocycles. The molecule has 4 aromatic rings. The maximum atomic E-state index is 5.74. The van der Waals surface area contributed by atoms with Gasteiger partial charge in [-0.05, 0) is 79.0 Å². The molecule has 0 amide bonds. The Hall–Kier alpha value is -3.11. The van der Waals surface area contributed by atoms with Gasteiger partial charge in [0.2, 0.25) is 0 Å². The van der Waals surface area contributed by atoms with E-state index >= 15 is 0 Å². The van der Waals surface area contributed by atoms with Crippen LogP contribution in [0, 0.1) is 0 Å². The van der Waals surface area contributed by atoms with E-state index in [4.69, 9.17) is 4.74 Å².